The highest BCUT2D eigenvalue weighted by Crippen LogP contribution is 2.31. The van der Waals surface area contributed by atoms with E-state index in [9.17, 15) is 4.79 Å². The SMILES string of the molecule is CCCCCCOc1ccccc1C(=O)Nc1ccc(-c2nc3ccc(C)cc3s2)cc1. The van der Waals surface area contributed by atoms with Gasteiger partial charge >= 0.3 is 0 Å². The molecule has 1 heterocycles. The molecule has 0 atom stereocenters. The Labute approximate surface area is 193 Å². The van der Waals surface area contributed by atoms with Gasteiger partial charge in [0.25, 0.3) is 5.91 Å². The Morgan fingerprint density at radius 3 is 2.62 bits per heavy atom. The Morgan fingerprint density at radius 1 is 1.00 bits per heavy atom. The Bertz CT molecular complexity index is 1200. The van der Waals surface area contributed by atoms with Gasteiger partial charge in [0.05, 0.1) is 22.4 Å². The van der Waals surface area contributed by atoms with Crippen LogP contribution in [0, 0.1) is 6.92 Å². The number of nitrogens with zero attached hydrogens (tertiary/aromatic N) is 1. The van der Waals surface area contributed by atoms with Crippen LogP contribution in [0.1, 0.15) is 48.5 Å². The first-order chi connectivity index (χ1) is 15.6. The second kappa shape index (κ2) is 10.4. The number of rotatable bonds is 9. The second-order valence-electron chi connectivity index (χ2n) is 7.93. The first kappa shape index (κ1) is 22.0. The van der Waals surface area contributed by atoms with Crippen molar-refractivity contribution in [3.05, 3.63) is 77.9 Å². The second-order valence-corrected chi connectivity index (χ2v) is 8.96. The molecule has 4 aromatic rings. The summed E-state index contributed by atoms with van der Waals surface area (Å²) in [7, 11) is 0. The Kier molecular flexibility index (Phi) is 7.17. The van der Waals surface area contributed by atoms with E-state index in [0.717, 1.165) is 34.6 Å². The molecule has 0 saturated heterocycles. The van der Waals surface area contributed by atoms with Crippen LogP contribution in [0.5, 0.6) is 5.75 Å². The lowest BCUT2D eigenvalue weighted by molar-refractivity contribution is 0.102. The summed E-state index contributed by atoms with van der Waals surface area (Å²) in [5.74, 6) is 0.459. The number of hydrogen-bond donors (Lipinski definition) is 1. The number of carbonyl (C=O) groups is 1. The van der Waals surface area contributed by atoms with Gasteiger partial charge in [-0.1, -0.05) is 44.4 Å². The normalized spacial score (nSPS) is 10.9. The minimum Gasteiger partial charge on any atom is -0.493 e. The minimum atomic E-state index is -0.169. The number of aryl methyl sites for hydroxylation is 1. The zero-order valence-electron chi connectivity index (χ0n) is 18.6. The lowest BCUT2D eigenvalue weighted by Gasteiger charge is -2.12. The van der Waals surface area contributed by atoms with Gasteiger partial charge < -0.3 is 10.1 Å². The maximum Gasteiger partial charge on any atom is 0.259 e. The molecule has 1 N–H and O–H groups in total. The predicted octanol–water partition coefficient (Wildman–Crippen LogP) is 7.48. The van der Waals surface area contributed by atoms with E-state index in [1.54, 1.807) is 17.4 Å². The van der Waals surface area contributed by atoms with Crippen LogP contribution in [0.2, 0.25) is 0 Å². The number of carbonyl (C=O) groups excluding carboxylic acids is 1. The number of benzene rings is 3. The van der Waals surface area contributed by atoms with Gasteiger partial charge in [-0.25, -0.2) is 4.98 Å². The molecule has 0 radical (unpaired) electrons. The summed E-state index contributed by atoms with van der Waals surface area (Å²) in [5, 5.41) is 3.96. The van der Waals surface area contributed by atoms with Gasteiger partial charge in [0, 0.05) is 11.3 Å². The number of ether oxygens (including phenoxy) is 1. The van der Waals surface area contributed by atoms with Crippen LogP contribution in [0.15, 0.2) is 66.7 Å². The highest BCUT2D eigenvalue weighted by atomic mass is 32.1. The molecule has 0 aliphatic heterocycles. The minimum absolute atomic E-state index is 0.169. The smallest absolute Gasteiger partial charge is 0.259 e. The van der Waals surface area contributed by atoms with Crippen LogP contribution in [0.4, 0.5) is 5.69 Å². The van der Waals surface area contributed by atoms with Crippen molar-refractivity contribution < 1.29 is 9.53 Å². The fourth-order valence-electron chi connectivity index (χ4n) is 3.54. The summed E-state index contributed by atoms with van der Waals surface area (Å²) in [4.78, 5) is 17.6. The molecule has 164 valence electrons. The summed E-state index contributed by atoms with van der Waals surface area (Å²) in [6.45, 7) is 4.90. The molecular weight excluding hydrogens is 416 g/mol. The molecule has 4 rings (SSSR count). The maximum atomic E-state index is 12.9. The first-order valence-corrected chi connectivity index (χ1v) is 12.0. The van der Waals surface area contributed by atoms with E-state index >= 15 is 0 Å². The number of unbranched alkanes of at least 4 members (excludes halogenated alkanes) is 3. The average molecular weight is 445 g/mol. The van der Waals surface area contributed by atoms with E-state index < -0.39 is 0 Å². The lowest BCUT2D eigenvalue weighted by atomic mass is 10.1. The monoisotopic (exact) mass is 444 g/mol. The highest BCUT2D eigenvalue weighted by Gasteiger charge is 2.13. The predicted molar refractivity (Wildman–Crippen MR) is 134 cm³/mol. The van der Waals surface area contributed by atoms with Gasteiger partial charge in [-0.05, 0) is 67.4 Å². The van der Waals surface area contributed by atoms with Crippen molar-refractivity contribution >= 4 is 33.1 Å². The van der Waals surface area contributed by atoms with Crippen molar-refractivity contribution in [1.82, 2.24) is 4.98 Å². The molecule has 0 saturated carbocycles. The number of amides is 1. The number of nitrogens with one attached hydrogen (secondary N) is 1. The third kappa shape index (κ3) is 5.35. The number of aromatic nitrogens is 1. The van der Waals surface area contributed by atoms with Crippen molar-refractivity contribution in [2.75, 3.05) is 11.9 Å². The number of hydrogen-bond acceptors (Lipinski definition) is 4. The van der Waals surface area contributed by atoms with Gasteiger partial charge in [0.1, 0.15) is 10.8 Å². The van der Waals surface area contributed by atoms with Gasteiger partial charge in [0.2, 0.25) is 0 Å². The fraction of sp³-hybridized carbons (Fsp3) is 0.259. The van der Waals surface area contributed by atoms with Crippen molar-refractivity contribution in [3.63, 3.8) is 0 Å². The van der Waals surface area contributed by atoms with Crippen molar-refractivity contribution in [2.24, 2.45) is 0 Å². The summed E-state index contributed by atoms with van der Waals surface area (Å²) >= 11 is 1.68. The third-order valence-electron chi connectivity index (χ3n) is 5.32. The van der Waals surface area contributed by atoms with E-state index in [2.05, 4.69) is 37.4 Å². The van der Waals surface area contributed by atoms with E-state index in [0.29, 0.717) is 17.9 Å². The molecule has 5 heteroatoms. The molecule has 0 bridgehead atoms. The quantitative estimate of drug-likeness (QED) is 0.272. The van der Waals surface area contributed by atoms with Crippen LogP contribution in [-0.2, 0) is 0 Å². The molecule has 0 fully saturated rings. The molecule has 1 aromatic heterocycles. The maximum absolute atomic E-state index is 12.9. The average Bonchev–Trinajstić information content (AvgIpc) is 3.23. The van der Waals surface area contributed by atoms with E-state index in [-0.39, 0.29) is 5.91 Å². The lowest BCUT2D eigenvalue weighted by Crippen LogP contribution is -2.14. The van der Waals surface area contributed by atoms with Crippen molar-refractivity contribution in [2.45, 2.75) is 39.5 Å². The molecule has 0 unspecified atom stereocenters. The van der Waals surface area contributed by atoms with Crippen LogP contribution in [-0.4, -0.2) is 17.5 Å². The summed E-state index contributed by atoms with van der Waals surface area (Å²) in [6, 6.07) is 21.5. The molecule has 4 nitrogen and oxygen atoms in total. The van der Waals surface area contributed by atoms with Gasteiger partial charge in [-0.15, -0.1) is 11.3 Å². The standard InChI is InChI=1S/C27H28N2O2S/c1-3-4-5-8-17-31-24-10-7-6-9-22(24)26(30)28-21-14-12-20(13-15-21)27-29-23-16-11-19(2)18-25(23)32-27/h6-7,9-16,18H,3-5,8,17H2,1-2H3,(H,28,30). The molecule has 0 aliphatic carbocycles. The molecule has 32 heavy (non-hydrogen) atoms. The first-order valence-electron chi connectivity index (χ1n) is 11.1. The van der Waals surface area contributed by atoms with Crippen LogP contribution in [0.25, 0.3) is 20.8 Å². The fourth-order valence-corrected chi connectivity index (χ4v) is 4.61. The van der Waals surface area contributed by atoms with E-state index in [1.165, 1.54) is 23.1 Å². The topological polar surface area (TPSA) is 51.2 Å². The number of para-hydroxylation sites is 1. The Hall–Kier alpha value is -3.18. The Balaban J connectivity index is 1.42. The van der Waals surface area contributed by atoms with Gasteiger partial charge in [-0.2, -0.15) is 0 Å². The summed E-state index contributed by atoms with van der Waals surface area (Å²) < 4.78 is 7.07. The van der Waals surface area contributed by atoms with Gasteiger partial charge in [0.15, 0.2) is 0 Å². The number of thiazole rings is 1. The summed E-state index contributed by atoms with van der Waals surface area (Å²) in [5.41, 5.74) is 4.58. The van der Waals surface area contributed by atoms with Crippen LogP contribution in [0.3, 0.4) is 0 Å². The number of anilines is 1. The Morgan fingerprint density at radius 2 is 1.81 bits per heavy atom. The third-order valence-corrected chi connectivity index (χ3v) is 6.39. The molecule has 1 amide bonds. The van der Waals surface area contributed by atoms with Crippen molar-refractivity contribution in [3.8, 4) is 16.3 Å². The zero-order chi connectivity index (χ0) is 22.3. The summed E-state index contributed by atoms with van der Waals surface area (Å²) in [6.07, 6.45) is 4.54. The molecule has 0 aliphatic rings. The zero-order valence-corrected chi connectivity index (χ0v) is 19.4. The number of fused-ring (bicyclic) bond motifs is 1. The molecule has 0 spiro atoms. The largest absolute Gasteiger partial charge is 0.493 e. The van der Waals surface area contributed by atoms with Crippen LogP contribution >= 0.6 is 11.3 Å². The van der Waals surface area contributed by atoms with E-state index in [4.69, 9.17) is 9.72 Å². The van der Waals surface area contributed by atoms with Gasteiger partial charge in [-0.3, -0.25) is 4.79 Å². The van der Waals surface area contributed by atoms with Crippen molar-refractivity contribution in [1.29, 1.82) is 0 Å². The highest BCUT2D eigenvalue weighted by molar-refractivity contribution is 7.21. The molecular formula is C27H28N2O2S. The van der Waals surface area contributed by atoms with Crippen LogP contribution < -0.4 is 10.1 Å². The van der Waals surface area contributed by atoms with E-state index in [1.807, 2.05) is 42.5 Å². The molecule has 3 aromatic carbocycles.